The summed E-state index contributed by atoms with van der Waals surface area (Å²) in [5.41, 5.74) is 8.94. The maximum Gasteiger partial charge on any atom is 0.0645 e. The molecule has 63 heavy (non-hydrogen) atoms. The molecule has 0 spiro atoms. The smallest absolute Gasteiger partial charge is 0.0645 e. The van der Waals surface area contributed by atoms with Gasteiger partial charge in [0.2, 0.25) is 0 Å². The van der Waals surface area contributed by atoms with Crippen molar-refractivity contribution in [2.24, 2.45) is 0 Å². The van der Waals surface area contributed by atoms with Gasteiger partial charge in [0.05, 0.1) is 22.2 Å². The van der Waals surface area contributed by atoms with Gasteiger partial charge in [-0.1, -0.05) is 158 Å². The third-order valence-corrected chi connectivity index (χ3v) is 12.1. The Labute approximate surface area is 372 Å². The summed E-state index contributed by atoms with van der Waals surface area (Å²) in [4.78, 5) is 4.16. The van der Waals surface area contributed by atoms with Gasteiger partial charge in [-0.2, -0.15) is 0 Å². The largest absolute Gasteiger partial charge is 0.310 e. The van der Waals surface area contributed by atoms with Gasteiger partial charge in [0.25, 0.3) is 0 Å². The van der Waals surface area contributed by atoms with Gasteiger partial charge < -0.3 is 14.4 Å². The minimum Gasteiger partial charge on any atom is -0.310 e. The van der Waals surface area contributed by atoms with Crippen molar-refractivity contribution in [2.75, 3.05) is 9.80 Å². The molecule has 0 atom stereocenters. The topological polar surface area (TPSA) is 11.4 Å². The van der Waals surface area contributed by atoms with Crippen molar-refractivity contribution in [2.45, 2.75) is 0 Å². The summed E-state index contributed by atoms with van der Waals surface area (Å²) in [5, 5.41) is 8.62. The number of aromatic nitrogens is 1. The van der Waals surface area contributed by atoms with E-state index in [0.717, 1.165) is 77.5 Å². The lowest BCUT2D eigenvalue weighted by Gasteiger charge is -2.27. The Morgan fingerprint density at radius 1 is 0.302 bits per heavy atom. The van der Waals surface area contributed by atoms with Gasteiger partial charge in [0, 0.05) is 50.3 Å². The third-order valence-electron chi connectivity index (χ3n) is 12.1. The lowest BCUT2D eigenvalue weighted by Crippen LogP contribution is -2.10. The first kappa shape index (κ1) is 32.4. The highest BCUT2D eigenvalue weighted by Gasteiger charge is 2.20. The third kappa shape index (κ3) is 6.46. The highest BCUT2D eigenvalue weighted by atomic mass is 15.1. The molecule has 0 saturated carbocycles. The number of hydrogen-bond acceptors (Lipinski definition) is 2. The quantitative estimate of drug-likeness (QED) is 0.151. The Hall–Kier alpha value is -8.40. The molecule has 1 aromatic heterocycles. The predicted molar refractivity (Wildman–Crippen MR) is 268 cm³/mol. The van der Waals surface area contributed by atoms with Crippen LogP contribution in [0.1, 0.15) is 5.48 Å². The van der Waals surface area contributed by atoms with Crippen LogP contribution in [0.4, 0.5) is 34.1 Å². The Bertz CT molecular complexity index is 3850. The van der Waals surface area contributed by atoms with Crippen molar-refractivity contribution >= 4 is 88.2 Å². The summed E-state index contributed by atoms with van der Waals surface area (Å²) in [6, 6.07) is 76.4. The van der Waals surface area contributed by atoms with Crippen LogP contribution in [-0.2, 0) is 0 Å². The van der Waals surface area contributed by atoms with E-state index in [0.29, 0.717) is 5.56 Å². The van der Waals surface area contributed by atoms with Crippen molar-refractivity contribution in [3.05, 3.63) is 249 Å². The Balaban J connectivity index is 0.990. The molecule has 3 nitrogen and oxygen atoms in total. The van der Waals surface area contributed by atoms with Crippen LogP contribution in [-0.4, -0.2) is 4.57 Å². The van der Waals surface area contributed by atoms with E-state index in [1.54, 1.807) is 0 Å². The van der Waals surface area contributed by atoms with Crippen LogP contribution in [0.5, 0.6) is 0 Å². The number of hydrogen-bond donors (Lipinski definition) is 0. The molecule has 0 aliphatic carbocycles. The van der Waals surface area contributed by atoms with E-state index in [-0.39, 0.29) is 35.4 Å². The Morgan fingerprint density at radius 2 is 0.857 bits per heavy atom. The van der Waals surface area contributed by atoms with Crippen molar-refractivity contribution in [3.63, 3.8) is 0 Å². The van der Waals surface area contributed by atoms with Gasteiger partial charge in [-0.05, 0) is 129 Å². The molecule has 12 aromatic rings. The van der Waals surface area contributed by atoms with Gasteiger partial charge in [-0.25, -0.2) is 0 Å². The van der Waals surface area contributed by atoms with Crippen molar-refractivity contribution in [3.8, 4) is 16.8 Å². The highest BCUT2D eigenvalue weighted by molar-refractivity contribution is 6.11. The monoisotopic (exact) mass is 807 g/mol. The fourth-order valence-corrected chi connectivity index (χ4v) is 9.17. The van der Waals surface area contributed by atoms with Crippen LogP contribution in [0, 0.1) is 0 Å². The van der Waals surface area contributed by atoms with Crippen molar-refractivity contribution in [1.29, 1.82) is 0 Å². The van der Waals surface area contributed by atoms with E-state index in [1.165, 1.54) is 10.8 Å². The average molecular weight is 808 g/mol. The molecule has 0 aliphatic rings. The fraction of sp³-hybridized carbons (Fsp3) is 0. The van der Waals surface area contributed by atoms with Crippen molar-refractivity contribution < 1.29 is 5.48 Å². The maximum absolute atomic E-state index is 9.48. The first-order chi connectivity index (χ1) is 32.9. The van der Waals surface area contributed by atoms with E-state index < -0.39 is 0 Å². The van der Waals surface area contributed by atoms with E-state index in [2.05, 4.69) is 143 Å². The SMILES string of the molecule is [2H]c1c([2H])c(N(c2ccccc2)c2ccc3ccccc3c2)c([2H])c([2H])c1-c1ccc2cc(N(c3ccc4c5ccccc5n(-c5ccccc5)c4c3)c3cccc4ccccc34)ccc2c1. The number of nitrogens with zero attached hydrogens (tertiary/aromatic N) is 3. The van der Waals surface area contributed by atoms with Gasteiger partial charge in [0.1, 0.15) is 0 Å². The summed E-state index contributed by atoms with van der Waals surface area (Å²) in [5.74, 6) is 0. The number of rotatable bonds is 8. The minimum atomic E-state index is -0.113. The van der Waals surface area contributed by atoms with Gasteiger partial charge >= 0.3 is 0 Å². The average Bonchev–Trinajstić information content (AvgIpc) is 3.71. The standard InChI is InChI=1S/C60H41N3/c1-3-18-49(19-4-1)61(52-34-30-42-14-7-8-16-45(42)39-52)51-32-28-43(29-33-51)46-26-27-48-40-53(35-31-47(48)38-46)62(58-25-13-17-44-15-9-10-22-55(44)58)54-36-37-57-56-23-11-12-24-59(56)63(60(57)41-54)50-20-5-2-6-21-50/h1-41H/i28D,29D,32D,33D. The van der Waals surface area contributed by atoms with Gasteiger partial charge in [0.15, 0.2) is 0 Å². The summed E-state index contributed by atoms with van der Waals surface area (Å²) in [6.45, 7) is 0. The number of anilines is 6. The molecule has 0 fully saturated rings. The molecule has 0 saturated heterocycles. The van der Waals surface area contributed by atoms with E-state index in [4.69, 9.17) is 0 Å². The number of fused-ring (bicyclic) bond motifs is 6. The predicted octanol–water partition coefficient (Wildman–Crippen LogP) is 16.8. The lowest BCUT2D eigenvalue weighted by atomic mass is 9.99. The van der Waals surface area contributed by atoms with Crippen molar-refractivity contribution in [1.82, 2.24) is 4.57 Å². The summed E-state index contributed by atoms with van der Waals surface area (Å²) in [6.07, 6.45) is 0. The normalized spacial score (nSPS) is 12.4. The fourth-order valence-electron chi connectivity index (χ4n) is 9.17. The maximum atomic E-state index is 9.48. The molecule has 12 rings (SSSR count). The zero-order valence-corrected chi connectivity index (χ0v) is 34.2. The molecule has 1 heterocycles. The molecule has 11 aromatic carbocycles. The molecule has 296 valence electrons. The van der Waals surface area contributed by atoms with E-state index in [1.807, 2.05) is 95.9 Å². The molecule has 0 unspecified atom stereocenters. The number of para-hydroxylation sites is 3. The highest BCUT2D eigenvalue weighted by Crippen LogP contribution is 2.43. The van der Waals surface area contributed by atoms with Crippen LogP contribution in [0.25, 0.3) is 70.9 Å². The van der Waals surface area contributed by atoms with Crippen LogP contribution < -0.4 is 9.80 Å². The van der Waals surface area contributed by atoms with Crippen LogP contribution in [0.2, 0.25) is 0 Å². The summed E-state index contributed by atoms with van der Waals surface area (Å²) < 4.78 is 40.2. The first-order valence-electron chi connectivity index (χ1n) is 23.3. The summed E-state index contributed by atoms with van der Waals surface area (Å²) in [7, 11) is 0. The lowest BCUT2D eigenvalue weighted by molar-refractivity contribution is 1.18. The van der Waals surface area contributed by atoms with Crippen LogP contribution >= 0.6 is 0 Å². The van der Waals surface area contributed by atoms with Gasteiger partial charge in [-0.3, -0.25) is 0 Å². The molecule has 0 bridgehead atoms. The minimum absolute atomic E-state index is 0.0980. The molecule has 0 N–H and O–H groups in total. The Kier molecular flexibility index (Phi) is 7.84. The second-order valence-corrected chi connectivity index (χ2v) is 15.9. The summed E-state index contributed by atoms with van der Waals surface area (Å²) >= 11 is 0. The molecule has 0 amide bonds. The van der Waals surface area contributed by atoms with E-state index in [9.17, 15) is 5.48 Å². The second kappa shape index (κ2) is 15.3. The first-order valence-corrected chi connectivity index (χ1v) is 21.3. The van der Waals surface area contributed by atoms with Crippen LogP contribution in [0.3, 0.4) is 0 Å². The zero-order valence-electron chi connectivity index (χ0n) is 38.2. The molecular formula is C60H41N3. The van der Waals surface area contributed by atoms with Gasteiger partial charge in [-0.15, -0.1) is 0 Å². The second-order valence-electron chi connectivity index (χ2n) is 15.9. The molecule has 0 radical (unpaired) electrons. The van der Waals surface area contributed by atoms with Crippen LogP contribution in [0.15, 0.2) is 249 Å². The van der Waals surface area contributed by atoms with E-state index >= 15 is 0 Å². The zero-order chi connectivity index (χ0) is 45.2. The molecular weight excluding hydrogens is 763 g/mol. The Morgan fingerprint density at radius 3 is 1.67 bits per heavy atom. The number of benzene rings is 11. The molecule has 3 heteroatoms. The molecule has 0 aliphatic heterocycles.